The second-order valence-electron chi connectivity index (χ2n) is 6.24. The number of nitrogens with zero attached hydrogens (tertiary/aromatic N) is 1. The summed E-state index contributed by atoms with van der Waals surface area (Å²) in [5.74, 6) is 0. The van der Waals surface area contributed by atoms with Crippen molar-refractivity contribution in [2.75, 3.05) is 0 Å². The number of benzene rings is 1. The maximum absolute atomic E-state index is 10.8. The van der Waals surface area contributed by atoms with Crippen LogP contribution in [0.25, 0.3) is 10.9 Å². The lowest BCUT2D eigenvalue weighted by molar-refractivity contribution is -0.106. The van der Waals surface area contributed by atoms with Crippen LogP contribution in [-0.2, 0) is 11.2 Å². The first-order chi connectivity index (χ1) is 11.3. The van der Waals surface area contributed by atoms with Crippen molar-refractivity contribution in [3.05, 3.63) is 35.5 Å². The number of hydrogen-bond donors (Lipinski definition) is 0. The van der Waals surface area contributed by atoms with E-state index in [1.807, 2.05) is 19.4 Å². The molecule has 0 bridgehead atoms. The normalized spacial score (nSPS) is 10.9. The zero-order valence-corrected chi connectivity index (χ0v) is 14.5. The monoisotopic (exact) mass is 308 g/mol. The fourth-order valence-corrected chi connectivity index (χ4v) is 3.13. The van der Waals surface area contributed by atoms with Crippen LogP contribution in [0.2, 0.25) is 6.32 Å². The third-order valence-electron chi connectivity index (χ3n) is 4.47. The molecule has 0 saturated heterocycles. The van der Waals surface area contributed by atoms with E-state index < -0.39 is 0 Å². The van der Waals surface area contributed by atoms with Crippen LogP contribution in [0.4, 0.5) is 0 Å². The van der Waals surface area contributed by atoms with Gasteiger partial charge in [0.25, 0.3) is 0 Å². The standard InChI is InChI=1S/C20H27BNO/c1-3-4-5-6-7-8-12-18-16(2)20(21-14-15-23)17-11-9-10-13-19(17)22-18/h9-11,13,15H,3-8,12,14H2,1-2H3. The highest BCUT2D eigenvalue weighted by Gasteiger charge is 2.11. The number of fused-ring (bicyclic) bond motifs is 1. The van der Waals surface area contributed by atoms with Crippen LogP contribution in [0.3, 0.4) is 0 Å². The Hall–Kier alpha value is -1.64. The predicted octanol–water partition coefficient (Wildman–Crippen LogP) is 4.39. The second kappa shape index (κ2) is 9.49. The molecule has 0 N–H and O–H groups in total. The van der Waals surface area contributed by atoms with Crippen LogP contribution in [0.15, 0.2) is 24.3 Å². The van der Waals surface area contributed by atoms with Crippen LogP contribution >= 0.6 is 0 Å². The van der Waals surface area contributed by atoms with Crippen molar-refractivity contribution in [2.45, 2.75) is 65.1 Å². The number of carbonyl (C=O) groups excluding carboxylic acids is 1. The lowest BCUT2D eigenvalue weighted by atomic mass is 9.64. The molecule has 23 heavy (non-hydrogen) atoms. The van der Waals surface area contributed by atoms with Crippen LogP contribution in [-0.4, -0.2) is 18.5 Å². The quantitative estimate of drug-likeness (QED) is 0.370. The number of rotatable bonds is 10. The number of hydrogen-bond acceptors (Lipinski definition) is 2. The minimum Gasteiger partial charge on any atom is -0.304 e. The number of aromatic nitrogens is 1. The molecule has 121 valence electrons. The fraction of sp³-hybridized carbons (Fsp3) is 0.500. The Morgan fingerprint density at radius 1 is 1.09 bits per heavy atom. The van der Waals surface area contributed by atoms with E-state index in [1.54, 1.807) is 0 Å². The summed E-state index contributed by atoms with van der Waals surface area (Å²) < 4.78 is 0. The van der Waals surface area contributed by atoms with Gasteiger partial charge in [-0.05, 0) is 43.1 Å². The minimum absolute atomic E-state index is 0.464. The Kier molecular flexibility index (Phi) is 7.31. The van der Waals surface area contributed by atoms with Crippen molar-refractivity contribution in [1.29, 1.82) is 0 Å². The van der Waals surface area contributed by atoms with E-state index in [0.717, 1.165) is 23.6 Å². The Labute approximate surface area is 140 Å². The molecule has 2 nitrogen and oxygen atoms in total. The summed E-state index contributed by atoms with van der Waals surface area (Å²) >= 11 is 0. The zero-order chi connectivity index (χ0) is 16.5. The maximum atomic E-state index is 10.8. The highest BCUT2D eigenvalue weighted by Crippen LogP contribution is 2.17. The van der Waals surface area contributed by atoms with Crippen LogP contribution < -0.4 is 5.46 Å². The molecule has 1 radical (unpaired) electrons. The van der Waals surface area contributed by atoms with Gasteiger partial charge in [-0.2, -0.15) is 0 Å². The van der Waals surface area contributed by atoms with E-state index in [2.05, 4.69) is 26.0 Å². The van der Waals surface area contributed by atoms with Crippen molar-refractivity contribution in [3.63, 3.8) is 0 Å². The SMILES string of the molecule is CCCCCCCCc1nc2ccccc2c([B]CC=O)c1C. The van der Waals surface area contributed by atoms with E-state index >= 15 is 0 Å². The molecule has 0 aliphatic heterocycles. The summed E-state index contributed by atoms with van der Waals surface area (Å²) in [6.45, 7) is 4.39. The largest absolute Gasteiger partial charge is 0.304 e. The molecule has 0 spiro atoms. The van der Waals surface area contributed by atoms with E-state index in [1.165, 1.54) is 55.2 Å². The first-order valence-corrected chi connectivity index (χ1v) is 8.93. The Morgan fingerprint density at radius 3 is 2.61 bits per heavy atom. The molecule has 1 aromatic carbocycles. The molecule has 0 fully saturated rings. The summed E-state index contributed by atoms with van der Waals surface area (Å²) in [6.07, 6.45) is 10.2. The molecular weight excluding hydrogens is 281 g/mol. The molecule has 3 heteroatoms. The number of para-hydroxylation sites is 1. The summed E-state index contributed by atoms with van der Waals surface area (Å²) in [7, 11) is 2.04. The lowest BCUT2D eigenvalue weighted by Crippen LogP contribution is -2.22. The number of unbranched alkanes of at least 4 members (excludes halogenated alkanes) is 5. The van der Waals surface area contributed by atoms with Crippen LogP contribution in [0.5, 0.6) is 0 Å². The minimum atomic E-state index is 0.464. The van der Waals surface area contributed by atoms with E-state index in [0.29, 0.717) is 6.32 Å². The summed E-state index contributed by atoms with van der Waals surface area (Å²) in [6, 6.07) is 8.23. The molecule has 0 aliphatic carbocycles. The van der Waals surface area contributed by atoms with Crippen molar-refractivity contribution >= 4 is 29.9 Å². The number of pyridine rings is 1. The molecule has 0 amide bonds. The average molecular weight is 308 g/mol. The van der Waals surface area contributed by atoms with Crippen molar-refractivity contribution in [3.8, 4) is 0 Å². The lowest BCUT2D eigenvalue weighted by Gasteiger charge is -2.14. The first-order valence-electron chi connectivity index (χ1n) is 8.93. The average Bonchev–Trinajstić information content (AvgIpc) is 2.57. The number of carbonyl (C=O) groups is 1. The van der Waals surface area contributed by atoms with Gasteiger partial charge in [0.05, 0.1) is 5.52 Å². The van der Waals surface area contributed by atoms with Crippen LogP contribution in [0.1, 0.15) is 56.7 Å². The van der Waals surface area contributed by atoms with E-state index in [4.69, 9.17) is 4.98 Å². The zero-order valence-electron chi connectivity index (χ0n) is 14.5. The molecule has 0 aliphatic rings. The second-order valence-corrected chi connectivity index (χ2v) is 6.24. The van der Waals surface area contributed by atoms with Gasteiger partial charge in [0.1, 0.15) is 6.29 Å². The van der Waals surface area contributed by atoms with E-state index in [9.17, 15) is 4.79 Å². The van der Waals surface area contributed by atoms with Crippen molar-refractivity contribution in [2.24, 2.45) is 0 Å². The Morgan fingerprint density at radius 2 is 1.83 bits per heavy atom. The number of aldehydes is 1. The fourth-order valence-electron chi connectivity index (χ4n) is 3.13. The van der Waals surface area contributed by atoms with Gasteiger partial charge >= 0.3 is 0 Å². The molecule has 0 atom stereocenters. The van der Waals surface area contributed by atoms with Gasteiger partial charge in [-0.3, -0.25) is 4.98 Å². The highest BCUT2D eigenvalue weighted by molar-refractivity contribution is 6.60. The molecule has 1 aromatic heterocycles. The topological polar surface area (TPSA) is 30.0 Å². The van der Waals surface area contributed by atoms with Gasteiger partial charge in [0.2, 0.25) is 0 Å². The van der Waals surface area contributed by atoms with Gasteiger partial charge in [-0.1, -0.05) is 62.7 Å². The third kappa shape index (κ3) is 4.92. The van der Waals surface area contributed by atoms with Gasteiger partial charge in [0.15, 0.2) is 7.28 Å². The van der Waals surface area contributed by atoms with E-state index in [-0.39, 0.29) is 0 Å². The predicted molar refractivity (Wildman–Crippen MR) is 99.8 cm³/mol. The molecule has 2 rings (SSSR count). The molecule has 2 aromatic rings. The van der Waals surface area contributed by atoms with Gasteiger partial charge in [-0.15, -0.1) is 0 Å². The molecule has 0 unspecified atom stereocenters. The number of aryl methyl sites for hydroxylation is 1. The summed E-state index contributed by atoms with van der Waals surface area (Å²) in [4.78, 5) is 15.6. The molecule has 0 saturated carbocycles. The van der Waals surface area contributed by atoms with Gasteiger partial charge in [-0.25, -0.2) is 0 Å². The Balaban J connectivity index is 2.12. The molecule has 1 heterocycles. The van der Waals surface area contributed by atoms with Crippen molar-refractivity contribution in [1.82, 2.24) is 4.98 Å². The Bertz CT molecular complexity index is 639. The third-order valence-corrected chi connectivity index (χ3v) is 4.47. The van der Waals surface area contributed by atoms with Gasteiger partial charge in [0, 0.05) is 5.69 Å². The summed E-state index contributed by atoms with van der Waals surface area (Å²) in [5.41, 5.74) is 4.65. The molecular formula is C20H27BNO. The van der Waals surface area contributed by atoms with Crippen LogP contribution in [0, 0.1) is 6.92 Å². The van der Waals surface area contributed by atoms with Gasteiger partial charge < -0.3 is 4.79 Å². The summed E-state index contributed by atoms with van der Waals surface area (Å²) in [5, 5.41) is 1.15. The van der Waals surface area contributed by atoms with Crippen molar-refractivity contribution < 1.29 is 4.79 Å². The maximum Gasteiger partial charge on any atom is 0.161 e. The highest BCUT2D eigenvalue weighted by atomic mass is 16.1. The smallest absolute Gasteiger partial charge is 0.161 e. The first kappa shape index (κ1) is 17.7.